The van der Waals surface area contributed by atoms with Gasteiger partial charge in [0.05, 0.1) is 11.5 Å². The van der Waals surface area contributed by atoms with Crippen LogP contribution in [-0.4, -0.2) is 30.0 Å². The standard InChI is InChI=1S/C11H12N4O5S/c1-6-13-8(2-9(16)14-6)5-21(19,20)4-7-3-12-11(18)15-10(7)17/h2-3,13H,1,4-5H2,(H,14,16)(H2,12,15,17,18). The largest absolute Gasteiger partial charge is 0.345 e. The second kappa shape index (κ2) is 5.40. The number of sulfone groups is 1. The van der Waals surface area contributed by atoms with Crippen LogP contribution in [0.25, 0.3) is 0 Å². The Morgan fingerprint density at radius 3 is 2.43 bits per heavy atom. The van der Waals surface area contributed by atoms with Gasteiger partial charge in [-0.15, -0.1) is 0 Å². The topological polar surface area (TPSA) is 141 Å². The first kappa shape index (κ1) is 14.8. The molecule has 1 aliphatic rings. The maximum absolute atomic E-state index is 12.0. The number of hydrogen-bond donors (Lipinski definition) is 4. The van der Waals surface area contributed by atoms with Crippen molar-refractivity contribution >= 4 is 15.7 Å². The van der Waals surface area contributed by atoms with Crippen LogP contribution in [0.3, 0.4) is 0 Å². The van der Waals surface area contributed by atoms with Crippen molar-refractivity contribution in [3.8, 4) is 0 Å². The fraction of sp³-hybridized carbons (Fsp3) is 0.182. The molecule has 1 amide bonds. The van der Waals surface area contributed by atoms with Gasteiger partial charge in [0.1, 0.15) is 5.82 Å². The first-order valence-corrected chi connectivity index (χ1v) is 7.56. The number of carbonyl (C=O) groups excluding carboxylic acids is 1. The van der Waals surface area contributed by atoms with E-state index < -0.39 is 38.5 Å². The predicted molar refractivity (Wildman–Crippen MR) is 73.7 cm³/mol. The number of nitrogens with one attached hydrogen (secondary N) is 4. The summed E-state index contributed by atoms with van der Waals surface area (Å²) in [7, 11) is -3.71. The van der Waals surface area contributed by atoms with Crippen LogP contribution in [0.5, 0.6) is 0 Å². The average molecular weight is 312 g/mol. The van der Waals surface area contributed by atoms with Crippen LogP contribution in [0, 0.1) is 0 Å². The van der Waals surface area contributed by atoms with E-state index in [9.17, 15) is 22.8 Å². The molecule has 0 fully saturated rings. The first-order valence-electron chi connectivity index (χ1n) is 5.74. The molecular formula is C11H12N4O5S. The molecule has 2 heterocycles. The summed E-state index contributed by atoms with van der Waals surface area (Å²) < 4.78 is 24.1. The molecule has 10 heteroatoms. The Balaban J connectivity index is 2.19. The van der Waals surface area contributed by atoms with Gasteiger partial charge in [-0.2, -0.15) is 0 Å². The average Bonchev–Trinajstić information content (AvgIpc) is 2.30. The summed E-state index contributed by atoms with van der Waals surface area (Å²) in [5.74, 6) is -1.33. The van der Waals surface area contributed by atoms with Crippen LogP contribution in [0.2, 0.25) is 0 Å². The molecule has 0 aromatic carbocycles. The predicted octanol–water partition coefficient (Wildman–Crippen LogP) is -1.95. The van der Waals surface area contributed by atoms with Crippen molar-refractivity contribution in [3.63, 3.8) is 0 Å². The Labute approximate surface area is 118 Å². The number of aromatic nitrogens is 2. The van der Waals surface area contributed by atoms with Gasteiger partial charge in [0.2, 0.25) is 0 Å². The number of aromatic amines is 2. The minimum atomic E-state index is -3.71. The minimum Gasteiger partial charge on any atom is -0.345 e. The molecule has 0 bridgehead atoms. The first-order chi connectivity index (χ1) is 9.75. The van der Waals surface area contributed by atoms with Gasteiger partial charge < -0.3 is 15.6 Å². The summed E-state index contributed by atoms with van der Waals surface area (Å²) in [6.07, 6.45) is 2.15. The van der Waals surface area contributed by atoms with Crippen LogP contribution in [0.4, 0.5) is 0 Å². The summed E-state index contributed by atoms with van der Waals surface area (Å²) in [6.45, 7) is 3.48. The van der Waals surface area contributed by atoms with Gasteiger partial charge in [-0.25, -0.2) is 13.2 Å². The van der Waals surface area contributed by atoms with Crippen LogP contribution in [0.15, 0.2) is 40.0 Å². The van der Waals surface area contributed by atoms with E-state index >= 15 is 0 Å². The van der Waals surface area contributed by atoms with E-state index in [-0.39, 0.29) is 17.1 Å². The second-order valence-corrected chi connectivity index (χ2v) is 6.46. The highest BCUT2D eigenvalue weighted by atomic mass is 32.2. The lowest BCUT2D eigenvalue weighted by atomic mass is 10.3. The monoisotopic (exact) mass is 312 g/mol. The SMILES string of the molecule is C=C1NC(=O)C=C(CS(=O)(=O)Cc2c[nH]c(=O)[nH]c2=O)N1. The highest BCUT2D eigenvalue weighted by Crippen LogP contribution is 2.07. The van der Waals surface area contributed by atoms with Crippen LogP contribution < -0.4 is 21.9 Å². The van der Waals surface area contributed by atoms with Crippen LogP contribution >= 0.6 is 0 Å². The Bertz CT molecular complexity index is 846. The van der Waals surface area contributed by atoms with E-state index in [0.717, 1.165) is 12.3 Å². The number of H-pyrrole nitrogens is 2. The molecule has 0 spiro atoms. The lowest BCUT2D eigenvalue weighted by molar-refractivity contribution is -0.116. The normalized spacial score (nSPS) is 15.1. The van der Waals surface area contributed by atoms with E-state index in [1.807, 2.05) is 4.98 Å². The van der Waals surface area contributed by atoms with Gasteiger partial charge in [0.15, 0.2) is 9.84 Å². The molecule has 1 aromatic heterocycles. The maximum Gasteiger partial charge on any atom is 0.325 e. The van der Waals surface area contributed by atoms with Crippen LogP contribution in [-0.2, 0) is 20.4 Å². The van der Waals surface area contributed by atoms with Crippen molar-refractivity contribution in [3.05, 3.63) is 56.8 Å². The molecule has 2 rings (SSSR count). The molecular weight excluding hydrogens is 300 g/mol. The van der Waals surface area contributed by atoms with Gasteiger partial charge in [-0.1, -0.05) is 6.58 Å². The summed E-state index contributed by atoms with van der Waals surface area (Å²) in [4.78, 5) is 37.7. The van der Waals surface area contributed by atoms with Gasteiger partial charge in [-0.3, -0.25) is 14.6 Å². The molecule has 4 N–H and O–H groups in total. The zero-order valence-corrected chi connectivity index (χ0v) is 11.5. The molecule has 21 heavy (non-hydrogen) atoms. The molecule has 1 aliphatic heterocycles. The summed E-state index contributed by atoms with van der Waals surface area (Å²) in [5, 5.41) is 4.97. The van der Waals surface area contributed by atoms with Crippen molar-refractivity contribution in [2.45, 2.75) is 5.75 Å². The fourth-order valence-electron chi connectivity index (χ4n) is 1.75. The lowest BCUT2D eigenvalue weighted by Gasteiger charge is -2.18. The Morgan fingerprint density at radius 1 is 1.10 bits per heavy atom. The Kier molecular flexibility index (Phi) is 3.80. The smallest absolute Gasteiger partial charge is 0.325 e. The maximum atomic E-state index is 12.0. The second-order valence-electron chi connectivity index (χ2n) is 4.39. The zero-order valence-electron chi connectivity index (χ0n) is 10.7. The molecule has 0 radical (unpaired) electrons. The number of amides is 1. The number of rotatable bonds is 4. The highest BCUT2D eigenvalue weighted by molar-refractivity contribution is 7.90. The van der Waals surface area contributed by atoms with E-state index in [2.05, 4.69) is 22.2 Å². The molecule has 0 saturated heterocycles. The van der Waals surface area contributed by atoms with Gasteiger partial charge in [0.25, 0.3) is 11.5 Å². The van der Waals surface area contributed by atoms with Crippen molar-refractivity contribution in [2.75, 3.05) is 5.75 Å². The van der Waals surface area contributed by atoms with E-state index in [1.165, 1.54) is 0 Å². The van der Waals surface area contributed by atoms with Crippen molar-refractivity contribution in [1.82, 2.24) is 20.6 Å². The quantitative estimate of drug-likeness (QED) is 0.509. The third-order valence-electron chi connectivity index (χ3n) is 2.54. The highest BCUT2D eigenvalue weighted by Gasteiger charge is 2.20. The number of carbonyl (C=O) groups is 1. The molecule has 1 aromatic rings. The molecule has 0 saturated carbocycles. The van der Waals surface area contributed by atoms with Crippen molar-refractivity contribution in [1.29, 1.82) is 0 Å². The van der Waals surface area contributed by atoms with E-state index in [4.69, 9.17) is 0 Å². The summed E-state index contributed by atoms with van der Waals surface area (Å²) in [5.41, 5.74) is -1.42. The van der Waals surface area contributed by atoms with Crippen molar-refractivity contribution < 1.29 is 13.2 Å². The van der Waals surface area contributed by atoms with Crippen LogP contribution in [0.1, 0.15) is 5.56 Å². The minimum absolute atomic E-state index is 0.0886. The third kappa shape index (κ3) is 3.92. The Hall–Kier alpha value is -2.62. The van der Waals surface area contributed by atoms with Gasteiger partial charge in [0, 0.05) is 23.5 Å². The van der Waals surface area contributed by atoms with E-state index in [1.54, 1.807) is 0 Å². The molecule has 0 unspecified atom stereocenters. The van der Waals surface area contributed by atoms with E-state index in [0.29, 0.717) is 0 Å². The fourth-order valence-corrected chi connectivity index (χ4v) is 3.17. The molecule has 0 aliphatic carbocycles. The summed E-state index contributed by atoms with van der Waals surface area (Å²) >= 11 is 0. The zero-order chi connectivity index (χ0) is 15.6. The Morgan fingerprint density at radius 2 is 1.81 bits per heavy atom. The molecule has 0 atom stereocenters. The number of hydrogen-bond acceptors (Lipinski definition) is 6. The molecule has 112 valence electrons. The summed E-state index contributed by atoms with van der Waals surface area (Å²) in [6, 6.07) is 0. The van der Waals surface area contributed by atoms with Gasteiger partial charge in [-0.05, 0) is 0 Å². The third-order valence-corrected chi connectivity index (χ3v) is 4.04. The van der Waals surface area contributed by atoms with Crippen molar-refractivity contribution in [2.24, 2.45) is 0 Å². The molecule has 9 nitrogen and oxygen atoms in total. The lowest BCUT2D eigenvalue weighted by Crippen LogP contribution is -2.37. The van der Waals surface area contributed by atoms with Gasteiger partial charge >= 0.3 is 5.69 Å².